The second-order valence-corrected chi connectivity index (χ2v) is 7.96. The van der Waals surface area contributed by atoms with Gasteiger partial charge in [-0.15, -0.1) is 0 Å². The Morgan fingerprint density at radius 1 is 1.14 bits per heavy atom. The Bertz CT molecular complexity index is 893. The molecule has 1 saturated heterocycles. The standard InChI is InChI=1S/C23H29N3O2/c1-15-5-6-16(2)18(11-15)14-28-21-8-7-17(12-22(21)27-4)23-19-13-26(3)10-9-20(19)24-25-23/h5-8,11-12,19,23,25H,9-10,13-14H2,1-4H3. The van der Waals surface area contributed by atoms with Gasteiger partial charge in [-0.1, -0.05) is 29.8 Å². The molecule has 2 heterocycles. The number of rotatable bonds is 5. The maximum Gasteiger partial charge on any atom is 0.161 e. The summed E-state index contributed by atoms with van der Waals surface area (Å²) in [6, 6.07) is 12.9. The summed E-state index contributed by atoms with van der Waals surface area (Å²) in [6.45, 7) is 6.86. The van der Waals surface area contributed by atoms with Gasteiger partial charge in [-0.3, -0.25) is 0 Å². The molecule has 2 aromatic carbocycles. The summed E-state index contributed by atoms with van der Waals surface area (Å²) in [6.07, 6.45) is 1.04. The predicted octanol–water partition coefficient (Wildman–Crippen LogP) is 3.84. The summed E-state index contributed by atoms with van der Waals surface area (Å²) >= 11 is 0. The molecule has 0 saturated carbocycles. The van der Waals surface area contributed by atoms with Gasteiger partial charge in [-0.2, -0.15) is 5.10 Å². The van der Waals surface area contributed by atoms with Crippen LogP contribution in [0, 0.1) is 19.8 Å². The fraction of sp³-hybridized carbons (Fsp3) is 0.435. The van der Waals surface area contributed by atoms with E-state index in [9.17, 15) is 0 Å². The quantitative estimate of drug-likeness (QED) is 0.857. The second-order valence-electron chi connectivity index (χ2n) is 7.96. The largest absolute Gasteiger partial charge is 0.493 e. The number of likely N-dealkylation sites (tertiary alicyclic amines) is 1. The van der Waals surface area contributed by atoms with Crippen LogP contribution in [0.3, 0.4) is 0 Å². The molecule has 5 heteroatoms. The minimum atomic E-state index is 0.194. The number of aryl methyl sites for hydroxylation is 2. The molecular formula is C23H29N3O2. The lowest BCUT2D eigenvalue weighted by atomic mass is 9.86. The minimum Gasteiger partial charge on any atom is -0.493 e. The summed E-state index contributed by atoms with van der Waals surface area (Å²) < 4.78 is 11.8. The van der Waals surface area contributed by atoms with E-state index in [-0.39, 0.29) is 6.04 Å². The normalized spacial score (nSPS) is 21.6. The van der Waals surface area contributed by atoms with E-state index < -0.39 is 0 Å². The molecule has 5 nitrogen and oxygen atoms in total. The minimum absolute atomic E-state index is 0.194. The van der Waals surface area contributed by atoms with Crippen LogP contribution in [0.4, 0.5) is 0 Å². The SMILES string of the molecule is COc1cc(C2NN=C3CCN(C)CC32)ccc1OCc1cc(C)ccc1C. The van der Waals surface area contributed by atoms with Gasteiger partial charge in [-0.05, 0) is 49.7 Å². The monoisotopic (exact) mass is 379 g/mol. The number of hydrogen-bond donors (Lipinski definition) is 1. The fourth-order valence-corrected chi connectivity index (χ4v) is 4.12. The summed E-state index contributed by atoms with van der Waals surface area (Å²) in [4.78, 5) is 2.38. The van der Waals surface area contributed by atoms with E-state index in [0.29, 0.717) is 12.5 Å². The highest BCUT2D eigenvalue weighted by molar-refractivity contribution is 5.89. The molecule has 28 heavy (non-hydrogen) atoms. The summed E-state index contributed by atoms with van der Waals surface area (Å²) in [5.74, 6) is 1.96. The van der Waals surface area contributed by atoms with Crippen LogP contribution in [0.1, 0.15) is 34.7 Å². The molecule has 2 atom stereocenters. The highest BCUT2D eigenvalue weighted by Gasteiger charge is 2.36. The number of piperidine rings is 1. The molecule has 2 aliphatic heterocycles. The Kier molecular flexibility index (Phi) is 5.27. The van der Waals surface area contributed by atoms with Gasteiger partial charge in [0.25, 0.3) is 0 Å². The van der Waals surface area contributed by atoms with E-state index >= 15 is 0 Å². The van der Waals surface area contributed by atoms with Crippen LogP contribution < -0.4 is 14.9 Å². The van der Waals surface area contributed by atoms with Crippen LogP contribution in [-0.2, 0) is 6.61 Å². The van der Waals surface area contributed by atoms with E-state index in [1.54, 1.807) is 7.11 Å². The highest BCUT2D eigenvalue weighted by Crippen LogP contribution is 2.37. The number of hydrogen-bond acceptors (Lipinski definition) is 5. The molecule has 4 rings (SSSR count). The van der Waals surface area contributed by atoms with Crippen LogP contribution in [0.2, 0.25) is 0 Å². The van der Waals surface area contributed by atoms with E-state index in [1.165, 1.54) is 28.0 Å². The lowest BCUT2D eigenvalue weighted by Crippen LogP contribution is -2.39. The van der Waals surface area contributed by atoms with Gasteiger partial charge in [0.1, 0.15) is 6.61 Å². The smallest absolute Gasteiger partial charge is 0.161 e. The number of ether oxygens (including phenoxy) is 2. The summed E-state index contributed by atoms with van der Waals surface area (Å²) in [5.41, 5.74) is 9.50. The molecule has 0 aromatic heterocycles. The van der Waals surface area contributed by atoms with Crippen molar-refractivity contribution in [2.24, 2.45) is 11.0 Å². The van der Waals surface area contributed by atoms with Crippen molar-refractivity contribution in [3.05, 3.63) is 58.7 Å². The fourth-order valence-electron chi connectivity index (χ4n) is 4.12. The van der Waals surface area contributed by atoms with E-state index in [2.05, 4.69) is 66.7 Å². The number of methoxy groups -OCH3 is 1. The maximum absolute atomic E-state index is 6.11. The molecular weight excluding hydrogens is 350 g/mol. The Hall–Kier alpha value is -2.53. The maximum atomic E-state index is 6.11. The van der Waals surface area contributed by atoms with Crippen molar-refractivity contribution >= 4 is 5.71 Å². The average molecular weight is 380 g/mol. The van der Waals surface area contributed by atoms with Gasteiger partial charge in [0.15, 0.2) is 11.5 Å². The molecule has 0 amide bonds. The van der Waals surface area contributed by atoms with Crippen LogP contribution in [0.5, 0.6) is 11.5 Å². The zero-order valence-corrected chi connectivity index (χ0v) is 17.2. The molecule has 0 spiro atoms. The summed E-state index contributed by atoms with van der Waals surface area (Å²) in [7, 11) is 3.87. The Balaban J connectivity index is 1.51. The van der Waals surface area contributed by atoms with Crippen molar-refractivity contribution in [1.29, 1.82) is 0 Å². The highest BCUT2D eigenvalue weighted by atomic mass is 16.5. The van der Waals surface area contributed by atoms with Crippen molar-refractivity contribution < 1.29 is 9.47 Å². The third-order valence-electron chi connectivity index (χ3n) is 5.87. The Morgan fingerprint density at radius 3 is 2.82 bits per heavy atom. The first-order valence-electron chi connectivity index (χ1n) is 9.92. The molecule has 0 bridgehead atoms. The summed E-state index contributed by atoms with van der Waals surface area (Å²) in [5, 5.41) is 4.59. The van der Waals surface area contributed by atoms with Crippen LogP contribution >= 0.6 is 0 Å². The number of hydrazone groups is 1. The van der Waals surface area contributed by atoms with Crippen LogP contribution in [0.25, 0.3) is 0 Å². The molecule has 2 unspecified atom stereocenters. The molecule has 2 aromatic rings. The molecule has 1 fully saturated rings. The lowest BCUT2D eigenvalue weighted by molar-refractivity contribution is 0.271. The first-order chi connectivity index (χ1) is 13.5. The first-order valence-corrected chi connectivity index (χ1v) is 9.92. The first kappa shape index (κ1) is 18.8. The van der Waals surface area contributed by atoms with Gasteiger partial charge >= 0.3 is 0 Å². The molecule has 1 N–H and O–H groups in total. The third kappa shape index (κ3) is 3.72. The number of nitrogens with one attached hydrogen (secondary N) is 1. The van der Waals surface area contributed by atoms with Gasteiger partial charge in [0.05, 0.1) is 13.2 Å². The molecule has 0 aliphatic carbocycles. The number of nitrogens with zero attached hydrogens (tertiary/aromatic N) is 2. The zero-order chi connectivity index (χ0) is 19.7. The van der Waals surface area contributed by atoms with Gasteiger partial charge < -0.3 is 19.8 Å². The van der Waals surface area contributed by atoms with E-state index in [1.807, 2.05) is 6.07 Å². The Morgan fingerprint density at radius 2 is 2.00 bits per heavy atom. The predicted molar refractivity (Wildman–Crippen MR) is 112 cm³/mol. The molecule has 148 valence electrons. The van der Waals surface area contributed by atoms with Crippen molar-refractivity contribution in [2.75, 3.05) is 27.2 Å². The van der Waals surface area contributed by atoms with Gasteiger partial charge in [-0.25, -0.2) is 0 Å². The Labute approximate surface area is 167 Å². The average Bonchev–Trinajstić information content (AvgIpc) is 3.11. The van der Waals surface area contributed by atoms with Crippen LogP contribution in [0.15, 0.2) is 41.5 Å². The number of benzene rings is 2. The van der Waals surface area contributed by atoms with E-state index in [4.69, 9.17) is 9.47 Å². The van der Waals surface area contributed by atoms with Gasteiger partial charge in [0, 0.05) is 31.1 Å². The zero-order valence-electron chi connectivity index (χ0n) is 17.2. The second kappa shape index (κ2) is 7.84. The van der Waals surface area contributed by atoms with Crippen molar-refractivity contribution in [2.45, 2.75) is 32.9 Å². The van der Waals surface area contributed by atoms with Gasteiger partial charge in [0.2, 0.25) is 0 Å². The third-order valence-corrected chi connectivity index (χ3v) is 5.87. The van der Waals surface area contributed by atoms with Crippen LogP contribution in [-0.4, -0.2) is 37.9 Å². The number of fused-ring (bicyclic) bond motifs is 1. The lowest BCUT2D eigenvalue weighted by Gasteiger charge is -2.31. The molecule has 0 radical (unpaired) electrons. The van der Waals surface area contributed by atoms with Crippen molar-refractivity contribution in [3.8, 4) is 11.5 Å². The molecule has 2 aliphatic rings. The van der Waals surface area contributed by atoms with Crippen molar-refractivity contribution in [1.82, 2.24) is 10.3 Å². The van der Waals surface area contributed by atoms with E-state index in [0.717, 1.165) is 31.0 Å². The topological polar surface area (TPSA) is 46.1 Å². The van der Waals surface area contributed by atoms with Crippen molar-refractivity contribution in [3.63, 3.8) is 0 Å².